The summed E-state index contributed by atoms with van der Waals surface area (Å²) in [5.41, 5.74) is 5.47. The molecule has 2 amide bonds. The van der Waals surface area contributed by atoms with Gasteiger partial charge in [0, 0.05) is 45.7 Å². The topological polar surface area (TPSA) is 69.9 Å². The number of carbonyl (C=O) groups excluding carboxylic acids is 2. The lowest BCUT2D eigenvalue weighted by atomic mass is 10.1. The molecule has 132 valence electrons. The Kier molecular flexibility index (Phi) is 7.82. The van der Waals surface area contributed by atoms with Crippen LogP contribution in [0.25, 0.3) is 0 Å². The maximum absolute atomic E-state index is 12.2. The minimum absolute atomic E-state index is 0.252. The quantitative estimate of drug-likeness (QED) is 0.666. The van der Waals surface area contributed by atoms with Crippen LogP contribution in [-0.4, -0.2) is 78.9 Å². The van der Waals surface area contributed by atoms with E-state index < -0.39 is 0 Å². The molecule has 2 aliphatic heterocycles. The number of nitrogens with two attached hydrogens (primary N) is 1. The van der Waals surface area contributed by atoms with E-state index in [0.29, 0.717) is 13.0 Å². The molecule has 0 aliphatic carbocycles. The minimum atomic E-state index is 0.252. The highest BCUT2D eigenvalue weighted by molar-refractivity contribution is 5.78. The summed E-state index contributed by atoms with van der Waals surface area (Å²) in [7, 11) is 0. The van der Waals surface area contributed by atoms with Crippen LogP contribution in [0, 0.1) is 0 Å². The molecule has 0 radical (unpaired) electrons. The molecule has 0 saturated carbocycles. The van der Waals surface area contributed by atoms with Crippen molar-refractivity contribution < 1.29 is 9.59 Å². The zero-order valence-corrected chi connectivity index (χ0v) is 14.3. The molecule has 6 heteroatoms. The van der Waals surface area contributed by atoms with Gasteiger partial charge in [-0.1, -0.05) is 12.8 Å². The lowest BCUT2D eigenvalue weighted by Gasteiger charge is -2.35. The highest BCUT2D eigenvalue weighted by atomic mass is 16.2. The Morgan fingerprint density at radius 3 is 2.00 bits per heavy atom. The Balaban J connectivity index is 1.59. The normalized spacial score (nSPS) is 19.3. The van der Waals surface area contributed by atoms with Crippen LogP contribution < -0.4 is 5.73 Å². The fraction of sp³-hybridized carbons (Fsp3) is 0.882. The van der Waals surface area contributed by atoms with Crippen molar-refractivity contribution in [2.24, 2.45) is 5.73 Å². The molecule has 0 spiro atoms. The molecular formula is C17H32N4O2. The van der Waals surface area contributed by atoms with Crippen LogP contribution in [0.3, 0.4) is 0 Å². The first-order valence-electron chi connectivity index (χ1n) is 9.18. The van der Waals surface area contributed by atoms with Crippen molar-refractivity contribution in [3.05, 3.63) is 0 Å². The summed E-state index contributed by atoms with van der Waals surface area (Å²) >= 11 is 0. The van der Waals surface area contributed by atoms with Crippen molar-refractivity contribution >= 4 is 11.8 Å². The molecule has 6 nitrogen and oxygen atoms in total. The molecule has 0 unspecified atom stereocenters. The molecule has 2 fully saturated rings. The van der Waals surface area contributed by atoms with Gasteiger partial charge in [-0.15, -0.1) is 0 Å². The van der Waals surface area contributed by atoms with E-state index in [4.69, 9.17) is 5.73 Å². The minimum Gasteiger partial charge on any atom is -0.342 e. The largest absolute Gasteiger partial charge is 0.342 e. The van der Waals surface area contributed by atoms with Gasteiger partial charge < -0.3 is 15.5 Å². The third kappa shape index (κ3) is 6.11. The molecular weight excluding hydrogens is 292 g/mol. The first kappa shape index (κ1) is 18.2. The first-order valence-corrected chi connectivity index (χ1v) is 9.18. The number of nitrogens with zero attached hydrogens (tertiary/aromatic N) is 3. The predicted octanol–water partition coefficient (Wildman–Crippen LogP) is 0.662. The average molecular weight is 324 g/mol. The van der Waals surface area contributed by atoms with Gasteiger partial charge in [0.2, 0.25) is 11.8 Å². The van der Waals surface area contributed by atoms with Crippen LogP contribution >= 0.6 is 0 Å². The standard InChI is InChI=1S/C17H32N4O2/c18-8-4-2-1-3-7-16(22)21-13-11-19(12-14-21)15-17(23)20-9-5-6-10-20/h1-15,18H2. The third-order valence-corrected chi connectivity index (χ3v) is 4.89. The third-order valence-electron chi connectivity index (χ3n) is 4.89. The summed E-state index contributed by atoms with van der Waals surface area (Å²) in [4.78, 5) is 30.4. The molecule has 0 bridgehead atoms. The molecule has 2 aliphatic rings. The molecule has 0 aromatic carbocycles. The summed E-state index contributed by atoms with van der Waals surface area (Å²) in [6.45, 7) is 6.25. The van der Waals surface area contributed by atoms with E-state index in [2.05, 4.69) is 4.90 Å². The summed E-state index contributed by atoms with van der Waals surface area (Å²) in [5.74, 6) is 0.519. The first-order chi connectivity index (χ1) is 11.2. The molecule has 2 saturated heterocycles. The van der Waals surface area contributed by atoms with Crippen LogP contribution in [0.2, 0.25) is 0 Å². The number of piperazine rings is 1. The van der Waals surface area contributed by atoms with E-state index in [1.165, 1.54) is 0 Å². The second-order valence-electron chi connectivity index (χ2n) is 6.70. The van der Waals surface area contributed by atoms with Gasteiger partial charge in [0.25, 0.3) is 0 Å². The van der Waals surface area contributed by atoms with Crippen LogP contribution in [-0.2, 0) is 9.59 Å². The number of carbonyl (C=O) groups is 2. The second-order valence-corrected chi connectivity index (χ2v) is 6.70. The Morgan fingerprint density at radius 2 is 1.35 bits per heavy atom. The van der Waals surface area contributed by atoms with Crippen molar-refractivity contribution in [2.75, 3.05) is 52.4 Å². The van der Waals surface area contributed by atoms with Gasteiger partial charge in [0.1, 0.15) is 0 Å². The van der Waals surface area contributed by atoms with Crippen LogP contribution in [0.4, 0.5) is 0 Å². The van der Waals surface area contributed by atoms with Gasteiger partial charge in [-0.3, -0.25) is 14.5 Å². The summed E-state index contributed by atoms with van der Waals surface area (Å²) < 4.78 is 0. The number of amides is 2. The summed E-state index contributed by atoms with van der Waals surface area (Å²) in [5, 5.41) is 0. The van der Waals surface area contributed by atoms with E-state index in [-0.39, 0.29) is 11.8 Å². The van der Waals surface area contributed by atoms with Crippen LogP contribution in [0.15, 0.2) is 0 Å². The fourth-order valence-electron chi connectivity index (χ4n) is 3.35. The molecule has 0 atom stereocenters. The van der Waals surface area contributed by atoms with Crippen molar-refractivity contribution in [1.82, 2.24) is 14.7 Å². The van der Waals surface area contributed by atoms with Crippen molar-refractivity contribution in [1.29, 1.82) is 0 Å². The molecule has 2 heterocycles. The lowest BCUT2D eigenvalue weighted by molar-refractivity contribution is -0.134. The maximum Gasteiger partial charge on any atom is 0.236 e. The predicted molar refractivity (Wildman–Crippen MR) is 91.0 cm³/mol. The van der Waals surface area contributed by atoms with E-state index in [9.17, 15) is 9.59 Å². The number of rotatable bonds is 8. The molecule has 2 N–H and O–H groups in total. The Bertz CT molecular complexity index is 375. The average Bonchev–Trinajstić information content (AvgIpc) is 3.10. The molecule has 23 heavy (non-hydrogen) atoms. The van der Waals surface area contributed by atoms with Crippen molar-refractivity contribution in [3.63, 3.8) is 0 Å². The van der Waals surface area contributed by atoms with Crippen LogP contribution in [0.5, 0.6) is 0 Å². The Hall–Kier alpha value is -1.14. The van der Waals surface area contributed by atoms with Gasteiger partial charge >= 0.3 is 0 Å². The van der Waals surface area contributed by atoms with E-state index >= 15 is 0 Å². The monoisotopic (exact) mass is 324 g/mol. The van der Waals surface area contributed by atoms with Gasteiger partial charge in [-0.2, -0.15) is 0 Å². The highest BCUT2D eigenvalue weighted by Crippen LogP contribution is 2.11. The Morgan fingerprint density at radius 1 is 0.739 bits per heavy atom. The number of hydrogen-bond acceptors (Lipinski definition) is 4. The number of hydrogen-bond donors (Lipinski definition) is 1. The zero-order chi connectivity index (χ0) is 16.5. The molecule has 0 aromatic heterocycles. The molecule has 2 rings (SSSR count). The lowest BCUT2D eigenvalue weighted by Crippen LogP contribution is -2.51. The van der Waals surface area contributed by atoms with Gasteiger partial charge in [-0.25, -0.2) is 0 Å². The van der Waals surface area contributed by atoms with Crippen molar-refractivity contribution in [2.45, 2.75) is 44.9 Å². The molecule has 0 aromatic rings. The van der Waals surface area contributed by atoms with E-state index in [1.807, 2.05) is 9.80 Å². The fourth-order valence-corrected chi connectivity index (χ4v) is 3.35. The van der Waals surface area contributed by atoms with E-state index in [0.717, 1.165) is 84.3 Å². The smallest absolute Gasteiger partial charge is 0.236 e. The second kappa shape index (κ2) is 9.88. The maximum atomic E-state index is 12.2. The van der Waals surface area contributed by atoms with Gasteiger partial charge in [0.15, 0.2) is 0 Å². The zero-order valence-electron chi connectivity index (χ0n) is 14.3. The highest BCUT2D eigenvalue weighted by Gasteiger charge is 2.24. The summed E-state index contributed by atoms with van der Waals surface area (Å²) in [6, 6.07) is 0. The van der Waals surface area contributed by atoms with Crippen LogP contribution in [0.1, 0.15) is 44.9 Å². The number of likely N-dealkylation sites (tertiary alicyclic amines) is 1. The van der Waals surface area contributed by atoms with Crippen molar-refractivity contribution in [3.8, 4) is 0 Å². The SMILES string of the molecule is NCCCCCCC(=O)N1CCN(CC(=O)N2CCCC2)CC1. The van der Waals surface area contributed by atoms with Gasteiger partial charge in [-0.05, 0) is 32.2 Å². The van der Waals surface area contributed by atoms with E-state index in [1.54, 1.807) is 0 Å². The Labute approximate surface area is 140 Å². The van der Waals surface area contributed by atoms with Gasteiger partial charge in [0.05, 0.1) is 6.54 Å². The summed E-state index contributed by atoms with van der Waals surface area (Å²) in [6.07, 6.45) is 7.16. The number of unbranched alkanes of at least 4 members (excludes halogenated alkanes) is 3.